The molecule has 0 spiro atoms. The van der Waals surface area contributed by atoms with Gasteiger partial charge in [0.25, 0.3) is 0 Å². The Morgan fingerprint density at radius 1 is 1.62 bits per heavy atom. The number of nitrogens with zero attached hydrogens (tertiary/aromatic N) is 1. The van der Waals surface area contributed by atoms with E-state index in [-0.39, 0.29) is 0 Å². The summed E-state index contributed by atoms with van der Waals surface area (Å²) in [4.78, 5) is 13.1. The topological polar surface area (TPSA) is 40.5 Å². The van der Waals surface area contributed by atoms with Crippen molar-refractivity contribution in [2.24, 2.45) is 11.8 Å². The first kappa shape index (κ1) is 13.2. The quantitative estimate of drug-likeness (QED) is 0.730. The van der Waals surface area contributed by atoms with Gasteiger partial charge in [0.05, 0.1) is 0 Å². The third-order valence-corrected chi connectivity index (χ3v) is 3.44. The minimum atomic E-state index is -0.668. The van der Waals surface area contributed by atoms with E-state index in [1.807, 2.05) is 6.92 Å². The maximum absolute atomic E-state index is 10.7. The summed E-state index contributed by atoms with van der Waals surface area (Å²) in [6.45, 7) is 7.32. The predicted molar refractivity (Wildman–Crippen MR) is 65.4 cm³/mol. The first-order valence-electron chi connectivity index (χ1n) is 6.18. The monoisotopic (exact) mass is 225 g/mol. The molecule has 0 saturated carbocycles. The highest BCUT2D eigenvalue weighted by Gasteiger charge is 2.25. The van der Waals surface area contributed by atoms with Crippen molar-refractivity contribution in [1.82, 2.24) is 4.90 Å². The Morgan fingerprint density at radius 2 is 2.38 bits per heavy atom. The van der Waals surface area contributed by atoms with E-state index in [0.29, 0.717) is 18.3 Å². The lowest BCUT2D eigenvalue weighted by Crippen LogP contribution is -2.38. The highest BCUT2D eigenvalue weighted by atomic mass is 16.4. The summed E-state index contributed by atoms with van der Waals surface area (Å²) in [6.07, 6.45) is 6.93. The van der Waals surface area contributed by atoms with E-state index in [1.54, 1.807) is 0 Å². The Morgan fingerprint density at radius 3 is 3.00 bits per heavy atom. The average Bonchev–Trinajstić information content (AvgIpc) is 2.26. The van der Waals surface area contributed by atoms with E-state index in [2.05, 4.69) is 24.0 Å². The van der Waals surface area contributed by atoms with Crippen molar-refractivity contribution in [3.63, 3.8) is 0 Å². The van der Waals surface area contributed by atoms with Crippen LogP contribution in [0.2, 0.25) is 0 Å². The van der Waals surface area contributed by atoms with Gasteiger partial charge in [0.15, 0.2) is 0 Å². The molecule has 3 nitrogen and oxygen atoms in total. The second-order valence-corrected chi connectivity index (χ2v) is 4.81. The molecule has 1 heterocycles. The van der Waals surface area contributed by atoms with E-state index >= 15 is 0 Å². The van der Waals surface area contributed by atoms with Crippen molar-refractivity contribution in [2.75, 3.05) is 19.6 Å². The molecule has 1 aliphatic rings. The van der Waals surface area contributed by atoms with Gasteiger partial charge in [0.2, 0.25) is 0 Å². The summed E-state index contributed by atoms with van der Waals surface area (Å²) in [5, 5.41) is 8.80. The molecule has 0 amide bonds. The van der Waals surface area contributed by atoms with E-state index in [9.17, 15) is 4.79 Å². The molecule has 0 aromatic carbocycles. The lowest BCUT2D eigenvalue weighted by molar-refractivity contribution is -0.138. The molecule has 0 aromatic rings. The number of rotatable bonds is 5. The Labute approximate surface area is 98.1 Å². The molecule has 0 aliphatic carbocycles. The summed E-state index contributed by atoms with van der Waals surface area (Å²) in [5.41, 5.74) is 0. The van der Waals surface area contributed by atoms with Gasteiger partial charge in [-0.2, -0.15) is 0 Å². The van der Waals surface area contributed by atoms with Crippen molar-refractivity contribution in [1.29, 1.82) is 0 Å². The lowest BCUT2D eigenvalue weighted by atomic mass is 9.85. The van der Waals surface area contributed by atoms with E-state index in [1.165, 1.54) is 12.8 Å². The number of aliphatic carboxylic acids is 1. The molecule has 1 saturated heterocycles. The van der Waals surface area contributed by atoms with Crippen molar-refractivity contribution < 1.29 is 9.90 Å². The van der Waals surface area contributed by atoms with Gasteiger partial charge < -0.3 is 5.11 Å². The van der Waals surface area contributed by atoms with Gasteiger partial charge in [-0.15, -0.1) is 0 Å². The molecular formula is C13H23NO2. The van der Waals surface area contributed by atoms with E-state index in [4.69, 9.17) is 5.11 Å². The van der Waals surface area contributed by atoms with Gasteiger partial charge in [0, 0.05) is 19.5 Å². The summed E-state index contributed by atoms with van der Waals surface area (Å²) in [6, 6.07) is 0. The van der Waals surface area contributed by atoms with Crippen LogP contribution in [0.3, 0.4) is 0 Å². The summed E-state index contributed by atoms with van der Waals surface area (Å²) >= 11 is 0. The first-order valence-corrected chi connectivity index (χ1v) is 6.18. The lowest BCUT2D eigenvalue weighted by Gasteiger charge is -2.34. The number of piperidine rings is 1. The van der Waals surface area contributed by atoms with Crippen LogP contribution in [-0.4, -0.2) is 35.6 Å². The minimum absolute atomic E-state index is 0.297. The normalized spacial score (nSPS) is 24.8. The predicted octanol–water partition coefficient (Wildman–Crippen LogP) is 2.39. The van der Waals surface area contributed by atoms with Crippen LogP contribution in [0.25, 0.3) is 0 Å². The van der Waals surface area contributed by atoms with Gasteiger partial charge >= 0.3 is 5.97 Å². The standard InChI is InChI=1S/C13H23NO2/c1-3-4-7-14-8-5-6-12(10-14)11(2)9-13(15)16/h3-4,11-12H,5-10H2,1-2H3,(H,15,16)/b4-3+. The third kappa shape index (κ3) is 4.35. The number of allylic oxidation sites excluding steroid dienone is 1. The van der Waals surface area contributed by atoms with Gasteiger partial charge in [-0.25, -0.2) is 0 Å². The molecule has 1 N–H and O–H groups in total. The Bertz CT molecular complexity index is 250. The number of likely N-dealkylation sites (tertiary alicyclic amines) is 1. The molecule has 2 atom stereocenters. The number of carbonyl (C=O) groups is 1. The molecule has 2 unspecified atom stereocenters. The van der Waals surface area contributed by atoms with Gasteiger partial charge in [-0.05, 0) is 38.1 Å². The number of carboxylic acids is 1. The zero-order chi connectivity index (χ0) is 12.0. The summed E-state index contributed by atoms with van der Waals surface area (Å²) < 4.78 is 0. The number of carboxylic acid groups (broad SMARTS) is 1. The fourth-order valence-electron chi connectivity index (χ4n) is 2.42. The SMILES string of the molecule is C/C=C/CN1CCCC(C(C)CC(=O)O)C1. The van der Waals surface area contributed by atoms with Crippen molar-refractivity contribution in [3.05, 3.63) is 12.2 Å². The van der Waals surface area contributed by atoms with Crippen molar-refractivity contribution >= 4 is 5.97 Å². The van der Waals surface area contributed by atoms with E-state index in [0.717, 1.165) is 19.6 Å². The second kappa shape index (κ2) is 6.69. The van der Waals surface area contributed by atoms with Crippen LogP contribution in [0.15, 0.2) is 12.2 Å². The van der Waals surface area contributed by atoms with Gasteiger partial charge in [-0.1, -0.05) is 19.1 Å². The maximum Gasteiger partial charge on any atom is 0.303 e. The molecule has 0 aromatic heterocycles. The average molecular weight is 225 g/mol. The summed E-state index contributed by atoms with van der Waals surface area (Å²) in [5.74, 6) is 0.180. The third-order valence-electron chi connectivity index (χ3n) is 3.44. The molecule has 3 heteroatoms. The second-order valence-electron chi connectivity index (χ2n) is 4.81. The van der Waals surface area contributed by atoms with Crippen LogP contribution in [0.1, 0.15) is 33.1 Å². The van der Waals surface area contributed by atoms with Gasteiger partial charge in [0.1, 0.15) is 0 Å². The molecule has 0 radical (unpaired) electrons. The Hall–Kier alpha value is -0.830. The van der Waals surface area contributed by atoms with Crippen molar-refractivity contribution in [3.8, 4) is 0 Å². The Balaban J connectivity index is 2.40. The minimum Gasteiger partial charge on any atom is -0.481 e. The van der Waals surface area contributed by atoms with Crippen LogP contribution in [0, 0.1) is 11.8 Å². The zero-order valence-corrected chi connectivity index (χ0v) is 10.4. The smallest absolute Gasteiger partial charge is 0.303 e. The number of hydrogen-bond acceptors (Lipinski definition) is 2. The van der Waals surface area contributed by atoms with Crippen molar-refractivity contribution in [2.45, 2.75) is 33.1 Å². The largest absolute Gasteiger partial charge is 0.481 e. The molecule has 1 fully saturated rings. The van der Waals surface area contributed by atoms with Gasteiger partial charge in [-0.3, -0.25) is 9.69 Å². The van der Waals surface area contributed by atoms with Crippen LogP contribution in [0.4, 0.5) is 0 Å². The Kier molecular flexibility index (Phi) is 5.53. The zero-order valence-electron chi connectivity index (χ0n) is 10.4. The fraction of sp³-hybridized carbons (Fsp3) is 0.769. The van der Waals surface area contributed by atoms with Crippen LogP contribution >= 0.6 is 0 Å². The maximum atomic E-state index is 10.7. The molecule has 16 heavy (non-hydrogen) atoms. The molecule has 1 rings (SSSR count). The van der Waals surface area contributed by atoms with E-state index < -0.39 is 5.97 Å². The highest BCUT2D eigenvalue weighted by molar-refractivity contribution is 5.66. The first-order chi connectivity index (χ1) is 7.63. The highest BCUT2D eigenvalue weighted by Crippen LogP contribution is 2.25. The van der Waals surface area contributed by atoms with Crippen LogP contribution < -0.4 is 0 Å². The molecule has 1 aliphatic heterocycles. The molecule has 0 bridgehead atoms. The molecular weight excluding hydrogens is 202 g/mol. The van der Waals surface area contributed by atoms with Crippen LogP contribution in [0.5, 0.6) is 0 Å². The molecule has 92 valence electrons. The number of hydrogen-bond donors (Lipinski definition) is 1. The van der Waals surface area contributed by atoms with Crippen LogP contribution in [-0.2, 0) is 4.79 Å². The summed E-state index contributed by atoms with van der Waals surface area (Å²) in [7, 11) is 0. The fourth-order valence-corrected chi connectivity index (χ4v) is 2.42.